The van der Waals surface area contributed by atoms with Gasteiger partial charge in [-0.1, -0.05) is 25.5 Å². The standard InChI is InChI=1S/C24H29N5O2/c1-3-18-8-12-20(13-9-18)28(24(30)25-19-10-14-21(31-2)15-11-19)17-22-26-23-7-5-4-6-16-29(23)27-22/h8-15H,3-7,16-17H2,1-2H3,(H,25,30). The Morgan fingerprint density at radius 1 is 1.10 bits per heavy atom. The first-order valence-corrected chi connectivity index (χ1v) is 10.9. The molecular formula is C24H29N5O2. The van der Waals surface area contributed by atoms with Crippen LogP contribution in [-0.4, -0.2) is 27.9 Å². The number of hydrogen-bond donors (Lipinski definition) is 1. The average molecular weight is 420 g/mol. The predicted molar refractivity (Wildman–Crippen MR) is 122 cm³/mol. The predicted octanol–water partition coefficient (Wildman–Crippen LogP) is 4.81. The summed E-state index contributed by atoms with van der Waals surface area (Å²) < 4.78 is 7.20. The van der Waals surface area contributed by atoms with Crippen molar-refractivity contribution in [1.82, 2.24) is 14.8 Å². The number of nitrogens with one attached hydrogen (secondary N) is 1. The van der Waals surface area contributed by atoms with Crippen LogP contribution in [0.5, 0.6) is 5.75 Å². The van der Waals surface area contributed by atoms with E-state index in [1.54, 1.807) is 12.0 Å². The number of aryl methyl sites for hydroxylation is 3. The molecule has 0 bridgehead atoms. The van der Waals surface area contributed by atoms with Gasteiger partial charge in [0, 0.05) is 24.3 Å². The Balaban J connectivity index is 1.58. The zero-order chi connectivity index (χ0) is 21.6. The van der Waals surface area contributed by atoms with E-state index in [-0.39, 0.29) is 6.03 Å². The second kappa shape index (κ2) is 9.64. The van der Waals surface area contributed by atoms with Crippen LogP contribution in [0.1, 0.15) is 43.4 Å². The van der Waals surface area contributed by atoms with Crippen molar-refractivity contribution in [1.29, 1.82) is 0 Å². The van der Waals surface area contributed by atoms with Crippen LogP contribution < -0.4 is 15.0 Å². The summed E-state index contributed by atoms with van der Waals surface area (Å²) in [5, 5.41) is 7.67. The van der Waals surface area contributed by atoms with Crippen molar-refractivity contribution in [3.8, 4) is 5.75 Å². The Labute approximate surface area is 183 Å². The maximum absolute atomic E-state index is 13.2. The topological polar surface area (TPSA) is 72.3 Å². The van der Waals surface area contributed by atoms with Gasteiger partial charge in [0.05, 0.1) is 13.7 Å². The number of fused-ring (bicyclic) bond motifs is 1. The number of rotatable bonds is 6. The lowest BCUT2D eigenvalue weighted by atomic mass is 10.1. The van der Waals surface area contributed by atoms with Crippen molar-refractivity contribution in [3.63, 3.8) is 0 Å². The van der Waals surface area contributed by atoms with Crippen molar-refractivity contribution < 1.29 is 9.53 Å². The first-order chi connectivity index (χ1) is 15.2. The van der Waals surface area contributed by atoms with Crippen LogP contribution in [0.3, 0.4) is 0 Å². The van der Waals surface area contributed by atoms with Gasteiger partial charge in [-0.15, -0.1) is 0 Å². The molecule has 0 atom stereocenters. The number of ether oxygens (including phenoxy) is 1. The average Bonchev–Trinajstić information content (AvgIpc) is 3.06. The Bertz CT molecular complexity index is 988. The van der Waals surface area contributed by atoms with Crippen LogP contribution in [0.2, 0.25) is 0 Å². The summed E-state index contributed by atoms with van der Waals surface area (Å²) in [6, 6.07) is 15.1. The molecule has 2 aromatic carbocycles. The lowest BCUT2D eigenvalue weighted by molar-refractivity contribution is 0.256. The molecule has 4 rings (SSSR count). The van der Waals surface area contributed by atoms with Gasteiger partial charge < -0.3 is 10.1 Å². The number of nitrogens with zero attached hydrogens (tertiary/aromatic N) is 4. The quantitative estimate of drug-likeness (QED) is 0.622. The minimum Gasteiger partial charge on any atom is -0.497 e. The maximum Gasteiger partial charge on any atom is 0.326 e. The molecule has 1 aliphatic rings. The molecule has 1 aliphatic heterocycles. The summed E-state index contributed by atoms with van der Waals surface area (Å²) in [7, 11) is 1.62. The first kappa shape index (κ1) is 20.9. The zero-order valence-corrected chi connectivity index (χ0v) is 18.2. The molecule has 1 aromatic heterocycles. The highest BCUT2D eigenvalue weighted by Crippen LogP contribution is 2.22. The fraction of sp³-hybridized carbons (Fsp3) is 0.375. The van der Waals surface area contributed by atoms with Crippen molar-refractivity contribution in [2.75, 3.05) is 17.3 Å². The Hall–Kier alpha value is -3.35. The molecule has 7 nitrogen and oxygen atoms in total. The summed E-state index contributed by atoms with van der Waals surface area (Å²) in [5.74, 6) is 2.43. The van der Waals surface area contributed by atoms with Gasteiger partial charge in [0.15, 0.2) is 5.82 Å². The van der Waals surface area contributed by atoms with E-state index < -0.39 is 0 Å². The molecule has 3 aromatic rings. The number of aromatic nitrogens is 3. The Morgan fingerprint density at radius 3 is 2.58 bits per heavy atom. The second-order valence-corrected chi connectivity index (χ2v) is 7.74. The first-order valence-electron chi connectivity index (χ1n) is 10.9. The summed E-state index contributed by atoms with van der Waals surface area (Å²) in [5.41, 5.74) is 2.74. The van der Waals surface area contributed by atoms with Gasteiger partial charge in [0.2, 0.25) is 0 Å². The van der Waals surface area contributed by atoms with E-state index in [9.17, 15) is 4.79 Å². The van der Waals surface area contributed by atoms with E-state index in [1.807, 2.05) is 41.1 Å². The van der Waals surface area contributed by atoms with Crippen molar-refractivity contribution in [2.45, 2.75) is 52.1 Å². The van der Waals surface area contributed by atoms with Gasteiger partial charge in [-0.05, 0) is 61.2 Å². The lowest BCUT2D eigenvalue weighted by Gasteiger charge is -2.22. The van der Waals surface area contributed by atoms with E-state index in [0.29, 0.717) is 18.1 Å². The number of amides is 2. The number of methoxy groups -OCH3 is 1. The molecule has 0 unspecified atom stereocenters. The third-order valence-corrected chi connectivity index (χ3v) is 5.60. The number of hydrogen-bond acceptors (Lipinski definition) is 4. The highest BCUT2D eigenvalue weighted by molar-refractivity contribution is 6.01. The van der Waals surface area contributed by atoms with Crippen LogP contribution in [0.15, 0.2) is 48.5 Å². The van der Waals surface area contributed by atoms with Gasteiger partial charge in [-0.3, -0.25) is 4.90 Å². The molecule has 1 N–H and O–H groups in total. The van der Waals surface area contributed by atoms with Crippen molar-refractivity contribution in [2.24, 2.45) is 0 Å². The van der Waals surface area contributed by atoms with E-state index in [0.717, 1.165) is 49.5 Å². The molecule has 2 heterocycles. The molecule has 7 heteroatoms. The van der Waals surface area contributed by atoms with Crippen LogP contribution in [0.25, 0.3) is 0 Å². The lowest BCUT2D eigenvalue weighted by Crippen LogP contribution is -2.35. The van der Waals surface area contributed by atoms with Crippen molar-refractivity contribution in [3.05, 3.63) is 65.7 Å². The van der Waals surface area contributed by atoms with Gasteiger partial charge >= 0.3 is 6.03 Å². The molecule has 0 saturated heterocycles. The highest BCUT2D eigenvalue weighted by atomic mass is 16.5. The third kappa shape index (κ3) is 5.05. The minimum absolute atomic E-state index is 0.223. The maximum atomic E-state index is 13.2. The van der Waals surface area contributed by atoms with Crippen LogP contribution in [0, 0.1) is 0 Å². The molecule has 31 heavy (non-hydrogen) atoms. The molecule has 0 aliphatic carbocycles. The van der Waals surface area contributed by atoms with Crippen molar-refractivity contribution >= 4 is 17.4 Å². The van der Waals surface area contributed by atoms with E-state index in [4.69, 9.17) is 9.72 Å². The van der Waals surface area contributed by atoms with Crippen LogP contribution in [-0.2, 0) is 25.9 Å². The van der Waals surface area contributed by atoms with Crippen LogP contribution >= 0.6 is 0 Å². The SMILES string of the molecule is CCc1ccc(N(Cc2nc3n(n2)CCCCC3)C(=O)Nc2ccc(OC)cc2)cc1. The number of carbonyl (C=O) groups is 1. The van der Waals surface area contributed by atoms with E-state index >= 15 is 0 Å². The molecule has 0 fully saturated rings. The molecule has 0 saturated carbocycles. The summed E-state index contributed by atoms with van der Waals surface area (Å²) >= 11 is 0. The smallest absolute Gasteiger partial charge is 0.326 e. The fourth-order valence-electron chi connectivity index (χ4n) is 3.78. The van der Waals surface area contributed by atoms with Gasteiger partial charge in [-0.25, -0.2) is 14.5 Å². The minimum atomic E-state index is -0.223. The number of anilines is 2. The monoisotopic (exact) mass is 419 g/mol. The van der Waals surface area contributed by atoms with Crippen LogP contribution in [0.4, 0.5) is 16.2 Å². The molecule has 0 radical (unpaired) electrons. The van der Waals surface area contributed by atoms with Gasteiger partial charge in [0.25, 0.3) is 0 Å². The Morgan fingerprint density at radius 2 is 1.87 bits per heavy atom. The zero-order valence-electron chi connectivity index (χ0n) is 18.2. The summed E-state index contributed by atoms with van der Waals surface area (Å²) in [6.07, 6.45) is 5.36. The highest BCUT2D eigenvalue weighted by Gasteiger charge is 2.21. The Kier molecular flexibility index (Phi) is 6.50. The fourth-order valence-corrected chi connectivity index (χ4v) is 3.78. The molecule has 162 valence electrons. The number of benzene rings is 2. The van der Waals surface area contributed by atoms with E-state index in [1.165, 1.54) is 12.0 Å². The molecule has 2 amide bonds. The largest absolute Gasteiger partial charge is 0.497 e. The van der Waals surface area contributed by atoms with Gasteiger partial charge in [0.1, 0.15) is 11.6 Å². The molecular weight excluding hydrogens is 390 g/mol. The molecule has 0 spiro atoms. The number of urea groups is 1. The van der Waals surface area contributed by atoms with E-state index in [2.05, 4.69) is 29.5 Å². The summed E-state index contributed by atoms with van der Waals surface area (Å²) in [4.78, 5) is 19.7. The number of carbonyl (C=O) groups excluding carboxylic acids is 1. The normalized spacial score (nSPS) is 13.2. The second-order valence-electron chi connectivity index (χ2n) is 7.74. The summed E-state index contributed by atoms with van der Waals surface area (Å²) in [6.45, 7) is 3.32. The third-order valence-electron chi connectivity index (χ3n) is 5.60. The van der Waals surface area contributed by atoms with Gasteiger partial charge in [-0.2, -0.15) is 5.10 Å².